The molecule has 2 nitrogen and oxygen atoms in total. The molecule has 0 bridgehead atoms. The van der Waals surface area contributed by atoms with Gasteiger partial charge in [-0.1, -0.05) is 17.7 Å². The summed E-state index contributed by atoms with van der Waals surface area (Å²) in [5, 5.41) is 3.66. The summed E-state index contributed by atoms with van der Waals surface area (Å²) in [6, 6.07) is 7.17. The first-order valence-corrected chi connectivity index (χ1v) is 6.55. The lowest BCUT2D eigenvalue weighted by molar-refractivity contribution is 0.0669. The summed E-state index contributed by atoms with van der Waals surface area (Å²) < 4.78 is 5.47. The number of ether oxygens (including phenoxy) is 1. The SMILES string of the molecule is COC1CCCC(Nc2ccc(C)cc2C)C1. The number of hydrogen-bond acceptors (Lipinski definition) is 2. The predicted octanol–water partition coefficient (Wildman–Crippen LogP) is 3.67. The molecule has 1 fully saturated rings. The minimum absolute atomic E-state index is 0.437. The highest BCUT2D eigenvalue weighted by Crippen LogP contribution is 2.25. The van der Waals surface area contributed by atoms with Gasteiger partial charge in [-0.25, -0.2) is 0 Å². The second-order valence-electron chi connectivity index (χ2n) is 5.18. The Morgan fingerprint density at radius 1 is 1.24 bits per heavy atom. The lowest BCUT2D eigenvalue weighted by atomic mass is 9.92. The fourth-order valence-corrected chi connectivity index (χ4v) is 2.69. The number of anilines is 1. The molecule has 0 aromatic heterocycles. The van der Waals surface area contributed by atoms with E-state index in [-0.39, 0.29) is 0 Å². The third kappa shape index (κ3) is 3.22. The van der Waals surface area contributed by atoms with Crippen LogP contribution in [0.4, 0.5) is 5.69 Å². The number of rotatable bonds is 3. The Bertz CT molecular complexity index is 375. The molecule has 2 heteroatoms. The van der Waals surface area contributed by atoms with Crippen LogP contribution in [0, 0.1) is 13.8 Å². The molecule has 0 aliphatic heterocycles. The van der Waals surface area contributed by atoms with Crippen LogP contribution < -0.4 is 5.32 Å². The number of nitrogens with one attached hydrogen (secondary N) is 1. The molecule has 1 aromatic rings. The molecule has 0 radical (unpaired) electrons. The van der Waals surface area contributed by atoms with Crippen molar-refractivity contribution in [2.24, 2.45) is 0 Å². The van der Waals surface area contributed by atoms with Gasteiger partial charge >= 0.3 is 0 Å². The van der Waals surface area contributed by atoms with Crippen LogP contribution in [0.3, 0.4) is 0 Å². The molecule has 0 saturated heterocycles. The topological polar surface area (TPSA) is 21.3 Å². The molecule has 1 aliphatic carbocycles. The van der Waals surface area contributed by atoms with Gasteiger partial charge in [0.05, 0.1) is 6.10 Å². The zero-order chi connectivity index (χ0) is 12.3. The van der Waals surface area contributed by atoms with Gasteiger partial charge in [0.2, 0.25) is 0 Å². The van der Waals surface area contributed by atoms with Crippen molar-refractivity contribution in [2.75, 3.05) is 12.4 Å². The highest BCUT2D eigenvalue weighted by Gasteiger charge is 2.21. The molecular weight excluding hydrogens is 210 g/mol. The largest absolute Gasteiger partial charge is 0.382 e. The monoisotopic (exact) mass is 233 g/mol. The van der Waals surface area contributed by atoms with E-state index in [0.29, 0.717) is 12.1 Å². The highest BCUT2D eigenvalue weighted by molar-refractivity contribution is 5.52. The van der Waals surface area contributed by atoms with Gasteiger partial charge in [0.25, 0.3) is 0 Å². The van der Waals surface area contributed by atoms with Crippen LogP contribution >= 0.6 is 0 Å². The van der Waals surface area contributed by atoms with Crippen LogP contribution in [0.15, 0.2) is 18.2 Å². The van der Waals surface area contributed by atoms with Crippen molar-refractivity contribution in [3.8, 4) is 0 Å². The summed E-state index contributed by atoms with van der Waals surface area (Å²) >= 11 is 0. The molecule has 2 atom stereocenters. The summed E-state index contributed by atoms with van der Waals surface area (Å²) in [6.07, 6.45) is 5.30. The van der Waals surface area contributed by atoms with Gasteiger partial charge < -0.3 is 10.1 Å². The van der Waals surface area contributed by atoms with E-state index in [9.17, 15) is 0 Å². The van der Waals surface area contributed by atoms with E-state index >= 15 is 0 Å². The first-order valence-electron chi connectivity index (χ1n) is 6.55. The molecule has 94 valence electrons. The van der Waals surface area contributed by atoms with E-state index < -0.39 is 0 Å². The van der Waals surface area contributed by atoms with Crippen LogP contribution in [0.5, 0.6) is 0 Å². The smallest absolute Gasteiger partial charge is 0.0590 e. The third-order valence-electron chi connectivity index (χ3n) is 3.70. The third-order valence-corrected chi connectivity index (χ3v) is 3.70. The highest BCUT2D eigenvalue weighted by atomic mass is 16.5. The summed E-state index contributed by atoms with van der Waals surface area (Å²) in [5.74, 6) is 0. The molecule has 1 aliphatic rings. The van der Waals surface area contributed by atoms with Crippen LogP contribution in [0.25, 0.3) is 0 Å². The Labute approximate surface area is 104 Å². The van der Waals surface area contributed by atoms with Gasteiger partial charge in [0.1, 0.15) is 0 Å². The van der Waals surface area contributed by atoms with E-state index in [0.717, 1.165) is 6.42 Å². The van der Waals surface area contributed by atoms with Crippen molar-refractivity contribution in [1.82, 2.24) is 0 Å². The van der Waals surface area contributed by atoms with Gasteiger partial charge in [-0.05, 0) is 51.2 Å². The van der Waals surface area contributed by atoms with Crippen molar-refractivity contribution in [2.45, 2.75) is 51.7 Å². The molecule has 2 unspecified atom stereocenters. The van der Waals surface area contributed by atoms with Gasteiger partial charge in [-0.15, -0.1) is 0 Å². The zero-order valence-electron chi connectivity index (χ0n) is 11.1. The Kier molecular flexibility index (Phi) is 4.06. The van der Waals surface area contributed by atoms with Gasteiger partial charge in [0, 0.05) is 18.8 Å². The normalized spacial score (nSPS) is 24.6. The first kappa shape index (κ1) is 12.4. The lowest BCUT2D eigenvalue weighted by Gasteiger charge is -2.30. The van der Waals surface area contributed by atoms with Crippen molar-refractivity contribution in [3.05, 3.63) is 29.3 Å². The summed E-state index contributed by atoms with van der Waals surface area (Å²) in [5.41, 5.74) is 3.94. The average molecular weight is 233 g/mol. The Morgan fingerprint density at radius 3 is 2.76 bits per heavy atom. The summed E-state index contributed by atoms with van der Waals surface area (Å²) in [7, 11) is 1.82. The van der Waals surface area contributed by atoms with Gasteiger partial charge in [0.15, 0.2) is 0 Å². The van der Waals surface area contributed by atoms with E-state index in [1.54, 1.807) is 0 Å². The average Bonchev–Trinajstić information content (AvgIpc) is 2.33. The van der Waals surface area contributed by atoms with Gasteiger partial charge in [-0.2, -0.15) is 0 Å². The fourth-order valence-electron chi connectivity index (χ4n) is 2.69. The maximum absolute atomic E-state index is 5.47. The van der Waals surface area contributed by atoms with E-state index in [1.165, 1.54) is 36.1 Å². The zero-order valence-corrected chi connectivity index (χ0v) is 11.1. The molecule has 17 heavy (non-hydrogen) atoms. The molecule has 2 rings (SSSR count). The minimum atomic E-state index is 0.437. The Balaban J connectivity index is 2.00. The van der Waals surface area contributed by atoms with E-state index in [4.69, 9.17) is 4.74 Å². The van der Waals surface area contributed by atoms with Crippen molar-refractivity contribution < 1.29 is 4.74 Å². The van der Waals surface area contributed by atoms with Crippen LogP contribution in [0.2, 0.25) is 0 Å². The summed E-state index contributed by atoms with van der Waals surface area (Å²) in [6.45, 7) is 4.31. The van der Waals surface area contributed by atoms with E-state index in [2.05, 4.69) is 37.4 Å². The van der Waals surface area contributed by atoms with Crippen molar-refractivity contribution in [3.63, 3.8) is 0 Å². The molecular formula is C15H23NO. The molecule has 0 heterocycles. The Hall–Kier alpha value is -1.02. The van der Waals surface area contributed by atoms with Crippen LogP contribution in [0.1, 0.15) is 36.8 Å². The lowest BCUT2D eigenvalue weighted by Crippen LogP contribution is -2.31. The molecule has 1 N–H and O–H groups in total. The maximum Gasteiger partial charge on any atom is 0.0590 e. The number of aryl methyl sites for hydroxylation is 2. The van der Waals surface area contributed by atoms with Crippen LogP contribution in [-0.2, 0) is 4.74 Å². The number of benzene rings is 1. The van der Waals surface area contributed by atoms with Crippen molar-refractivity contribution in [1.29, 1.82) is 0 Å². The fraction of sp³-hybridized carbons (Fsp3) is 0.600. The van der Waals surface area contributed by atoms with Gasteiger partial charge in [-0.3, -0.25) is 0 Å². The number of hydrogen-bond donors (Lipinski definition) is 1. The number of methoxy groups -OCH3 is 1. The molecule has 1 saturated carbocycles. The quantitative estimate of drug-likeness (QED) is 0.860. The molecule has 0 amide bonds. The predicted molar refractivity (Wildman–Crippen MR) is 72.6 cm³/mol. The molecule has 0 spiro atoms. The van der Waals surface area contributed by atoms with Crippen molar-refractivity contribution >= 4 is 5.69 Å². The standard InChI is InChI=1S/C15H23NO/c1-11-7-8-15(12(2)9-11)16-13-5-4-6-14(10-13)17-3/h7-9,13-14,16H,4-6,10H2,1-3H3. The first-order chi connectivity index (χ1) is 8.19. The molecule has 1 aromatic carbocycles. The van der Waals surface area contributed by atoms with Crippen LogP contribution in [-0.4, -0.2) is 19.3 Å². The minimum Gasteiger partial charge on any atom is -0.382 e. The van der Waals surface area contributed by atoms with E-state index in [1.807, 2.05) is 7.11 Å². The second-order valence-corrected chi connectivity index (χ2v) is 5.18. The summed E-state index contributed by atoms with van der Waals surface area (Å²) in [4.78, 5) is 0. The maximum atomic E-state index is 5.47. The second kappa shape index (κ2) is 5.54. The Morgan fingerprint density at radius 2 is 2.06 bits per heavy atom.